The average molecular weight is 776 g/mol. The molecule has 6 aromatic rings. The van der Waals surface area contributed by atoms with Crippen LogP contribution >= 0.6 is 0 Å². The molecule has 0 aliphatic carbocycles. The maximum atomic E-state index is 14.0. The van der Waals surface area contributed by atoms with Gasteiger partial charge in [-0.3, -0.25) is 9.12 Å². The first-order chi connectivity index (χ1) is 25.8. The van der Waals surface area contributed by atoms with Crippen LogP contribution in [0.3, 0.4) is 0 Å². The Morgan fingerprint density at radius 2 is 1.65 bits per heavy atom. The van der Waals surface area contributed by atoms with Crippen LogP contribution < -0.4 is 11.0 Å². The van der Waals surface area contributed by atoms with Crippen molar-refractivity contribution in [2.45, 2.75) is 37.5 Å². The maximum absolute atomic E-state index is 14.0. The van der Waals surface area contributed by atoms with Crippen LogP contribution in [0.25, 0.3) is 22.8 Å². The van der Waals surface area contributed by atoms with Crippen LogP contribution in [0, 0.1) is 18.3 Å². The van der Waals surface area contributed by atoms with Gasteiger partial charge in [0.05, 0.1) is 83.9 Å². The molecule has 3 heterocycles. The van der Waals surface area contributed by atoms with Crippen LogP contribution in [-0.4, -0.2) is 68.5 Å². The molecular weight excluding hydrogens is 738 g/mol. The smallest absolute Gasteiger partial charge is 0.356 e. The number of quaternary nitrogens is 1. The number of imidazole rings is 1. The lowest BCUT2D eigenvalue weighted by atomic mass is 10.2. The van der Waals surface area contributed by atoms with Gasteiger partial charge in [-0.15, -0.1) is 0 Å². The van der Waals surface area contributed by atoms with E-state index < -0.39 is 39.6 Å². The third-order valence-electron chi connectivity index (χ3n) is 8.31. The number of benzene rings is 3. The Morgan fingerprint density at radius 3 is 2.24 bits per heavy atom. The van der Waals surface area contributed by atoms with E-state index >= 15 is 0 Å². The van der Waals surface area contributed by atoms with Crippen LogP contribution in [0.5, 0.6) is 0 Å². The summed E-state index contributed by atoms with van der Waals surface area (Å²) in [7, 11) is 2.16. The number of alkyl halides is 3. The molecule has 17 heteroatoms. The van der Waals surface area contributed by atoms with Crippen molar-refractivity contribution in [3.63, 3.8) is 0 Å². The van der Waals surface area contributed by atoms with E-state index in [9.17, 15) is 36.4 Å². The highest BCUT2D eigenvalue weighted by atomic mass is 32.2. The summed E-state index contributed by atoms with van der Waals surface area (Å²) in [5, 5.41) is 16.5. The topological polar surface area (TPSA) is 168 Å². The number of aromatic amines is 1. The number of nitriles is 1. The van der Waals surface area contributed by atoms with Gasteiger partial charge in [0.25, 0.3) is 10.1 Å². The molecule has 0 saturated carbocycles. The van der Waals surface area contributed by atoms with Gasteiger partial charge in [0.15, 0.2) is 0 Å². The molecule has 3 aromatic carbocycles. The summed E-state index contributed by atoms with van der Waals surface area (Å²) in [4.78, 5) is 31.2. The molecule has 6 rings (SSSR count). The van der Waals surface area contributed by atoms with E-state index in [2.05, 4.69) is 42.6 Å². The van der Waals surface area contributed by atoms with Crippen molar-refractivity contribution < 1.29 is 35.4 Å². The molecule has 0 aliphatic heterocycles. The van der Waals surface area contributed by atoms with Crippen molar-refractivity contribution in [2.75, 3.05) is 21.1 Å². The number of hydrogen-bond donors (Lipinski definition) is 3. The molecule has 13 nitrogen and oxygen atoms in total. The minimum Gasteiger partial charge on any atom is -0.356 e. The van der Waals surface area contributed by atoms with Crippen molar-refractivity contribution >= 4 is 16.1 Å². The van der Waals surface area contributed by atoms with Crippen LogP contribution in [-0.2, 0) is 22.8 Å². The van der Waals surface area contributed by atoms with Crippen molar-refractivity contribution in [1.29, 1.82) is 5.26 Å². The molecule has 286 valence electrons. The number of halogens is 3. The standard InChI is InChI=1S/C32H31F3N8O2.C6H6O3S/c1-20(27-14-11-24(39-27)19-43(3,4)5)38-30(44)41-29(28-15-16-37-42(28)25-12-9-22(18-36)10-13-25)21(2)40(31(41)45)26-8-6-7-23(17-26)32(33,34)35;7-10(8,9)6-4-2-1-3-5-6/h6-17,20,39H,19H2,1-5H3;1-5H,(H,7,8,9)/p+1/t20-;/m0./s1. The SMILES string of the molecule is Cc1c(-c2ccnn2-c2ccc(C#N)cc2)n(C(=O)N[C@@H](C)c2ccc(C[N+](C)(C)C)[nH]2)c(=O)n1-c1cccc(C(F)(F)F)c1.O=S(=O)(O)c1ccccc1. The van der Waals surface area contributed by atoms with E-state index in [1.165, 1.54) is 35.1 Å². The van der Waals surface area contributed by atoms with Crippen LogP contribution in [0.2, 0.25) is 0 Å². The second kappa shape index (κ2) is 15.6. The number of amides is 1. The number of hydrogen-bond acceptors (Lipinski definition) is 6. The van der Waals surface area contributed by atoms with E-state index in [4.69, 9.17) is 4.55 Å². The molecule has 0 bridgehead atoms. The zero-order valence-corrected chi connectivity index (χ0v) is 31.2. The molecule has 0 spiro atoms. The van der Waals surface area contributed by atoms with Gasteiger partial charge in [-0.1, -0.05) is 24.3 Å². The first-order valence-electron chi connectivity index (χ1n) is 16.7. The molecule has 0 saturated heterocycles. The minimum absolute atomic E-state index is 0.0491. The van der Waals surface area contributed by atoms with E-state index in [1.807, 2.05) is 12.1 Å². The lowest BCUT2D eigenvalue weighted by Crippen LogP contribution is -2.38. The van der Waals surface area contributed by atoms with Crippen LogP contribution in [0.4, 0.5) is 18.0 Å². The van der Waals surface area contributed by atoms with Gasteiger partial charge in [0, 0.05) is 5.69 Å². The number of aromatic nitrogens is 5. The number of carbonyl (C=O) groups is 1. The molecular formula is C38H38F3N8O5S+. The van der Waals surface area contributed by atoms with Gasteiger partial charge in [0.2, 0.25) is 0 Å². The summed E-state index contributed by atoms with van der Waals surface area (Å²) in [6.07, 6.45) is -3.15. The van der Waals surface area contributed by atoms with E-state index in [1.54, 1.807) is 62.4 Å². The quantitative estimate of drug-likeness (QED) is 0.118. The average Bonchev–Trinajstić information content (AvgIpc) is 3.85. The summed E-state index contributed by atoms with van der Waals surface area (Å²) in [5.41, 5.74) is 1.53. The highest BCUT2D eigenvalue weighted by molar-refractivity contribution is 7.85. The fraction of sp³-hybridized carbons (Fsp3) is 0.211. The molecule has 1 atom stereocenters. The van der Waals surface area contributed by atoms with Crippen molar-refractivity contribution in [1.82, 2.24) is 29.2 Å². The highest BCUT2D eigenvalue weighted by Gasteiger charge is 2.32. The normalized spacial score (nSPS) is 12.4. The second-order valence-corrected chi connectivity index (χ2v) is 15.0. The number of H-pyrrole nitrogens is 1. The van der Waals surface area contributed by atoms with Gasteiger partial charge in [-0.25, -0.2) is 18.8 Å². The fourth-order valence-corrected chi connectivity index (χ4v) is 6.32. The van der Waals surface area contributed by atoms with Crippen molar-refractivity contribution in [3.8, 4) is 28.8 Å². The predicted molar refractivity (Wildman–Crippen MR) is 198 cm³/mol. The second-order valence-electron chi connectivity index (χ2n) is 13.6. The van der Waals surface area contributed by atoms with Gasteiger partial charge in [0.1, 0.15) is 12.2 Å². The molecule has 0 aliphatic rings. The van der Waals surface area contributed by atoms with Crippen molar-refractivity contribution in [3.05, 3.63) is 142 Å². The third-order valence-corrected chi connectivity index (χ3v) is 9.17. The monoisotopic (exact) mass is 775 g/mol. The van der Waals surface area contributed by atoms with Gasteiger partial charge in [-0.2, -0.15) is 31.9 Å². The molecule has 0 radical (unpaired) electrons. The van der Waals surface area contributed by atoms with Gasteiger partial charge < -0.3 is 14.8 Å². The molecule has 1 amide bonds. The third kappa shape index (κ3) is 9.30. The van der Waals surface area contributed by atoms with E-state index in [0.29, 0.717) is 21.4 Å². The number of nitrogens with one attached hydrogen (secondary N) is 2. The number of carbonyl (C=O) groups excluding carboxylic acids is 1. The lowest BCUT2D eigenvalue weighted by molar-refractivity contribution is -0.884. The Hall–Kier alpha value is -6.22. The maximum Gasteiger partial charge on any atom is 0.416 e. The molecule has 3 aromatic heterocycles. The number of rotatable bonds is 8. The van der Waals surface area contributed by atoms with Gasteiger partial charge in [-0.05, 0) is 86.6 Å². The molecule has 0 unspecified atom stereocenters. The summed E-state index contributed by atoms with van der Waals surface area (Å²) in [5.74, 6) is 0. The first kappa shape index (κ1) is 40.0. The lowest BCUT2D eigenvalue weighted by Gasteiger charge is -2.23. The zero-order valence-electron chi connectivity index (χ0n) is 30.4. The Morgan fingerprint density at radius 1 is 0.982 bits per heavy atom. The Bertz CT molecular complexity index is 2520. The van der Waals surface area contributed by atoms with Gasteiger partial charge >= 0.3 is 17.9 Å². The number of nitrogens with zero attached hydrogens (tertiary/aromatic N) is 6. The molecule has 55 heavy (non-hydrogen) atoms. The largest absolute Gasteiger partial charge is 0.416 e. The molecule has 3 N–H and O–H groups in total. The van der Waals surface area contributed by atoms with Crippen LogP contribution in [0.15, 0.2) is 113 Å². The minimum atomic E-state index is -4.64. The summed E-state index contributed by atoms with van der Waals surface area (Å²) in [6.45, 7) is 4.05. The first-order valence-corrected chi connectivity index (χ1v) is 18.1. The predicted octanol–water partition coefficient (Wildman–Crippen LogP) is 6.48. The van der Waals surface area contributed by atoms with E-state index in [0.717, 1.165) is 39.2 Å². The Balaban J connectivity index is 0.000000504. The van der Waals surface area contributed by atoms with Crippen molar-refractivity contribution in [2.24, 2.45) is 0 Å². The molecule has 0 fully saturated rings. The van der Waals surface area contributed by atoms with E-state index in [-0.39, 0.29) is 22.0 Å². The summed E-state index contributed by atoms with van der Waals surface area (Å²) < 4.78 is 74.3. The zero-order chi connectivity index (χ0) is 40.3. The van der Waals surface area contributed by atoms with Crippen LogP contribution in [0.1, 0.15) is 41.2 Å². The summed E-state index contributed by atoms with van der Waals surface area (Å²) >= 11 is 0. The Labute approximate surface area is 314 Å². The summed E-state index contributed by atoms with van der Waals surface area (Å²) in [6, 6.07) is 24.5. The Kier molecular flexibility index (Phi) is 11.4. The fourth-order valence-electron chi connectivity index (χ4n) is 5.82. The highest BCUT2D eigenvalue weighted by Crippen LogP contribution is 2.32.